The molecule has 1 amide bonds. The molecule has 0 spiro atoms. The van der Waals surface area contributed by atoms with E-state index in [0.29, 0.717) is 0 Å². The van der Waals surface area contributed by atoms with Crippen molar-refractivity contribution < 1.29 is 9.90 Å². The Morgan fingerprint density at radius 2 is 2.31 bits per heavy atom. The number of aromatic nitrogens is 1. The fraction of sp³-hybridized carbons (Fsp3) is 0.333. The van der Waals surface area contributed by atoms with E-state index in [1.54, 1.807) is 0 Å². The average molecular weight is 180 g/mol. The Bertz CT molecular complexity index is 310. The molecule has 0 bridgehead atoms. The molecule has 0 radical (unpaired) electrons. The fourth-order valence-corrected chi connectivity index (χ4v) is 0.918. The van der Waals surface area contributed by atoms with Crippen LogP contribution in [0.3, 0.4) is 0 Å². The first-order chi connectivity index (χ1) is 6.11. The van der Waals surface area contributed by atoms with Gasteiger partial charge in [-0.05, 0) is 19.9 Å². The van der Waals surface area contributed by atoms with Gasteiger partial charge in [-0.3, -0.25) is 9.78 Å². The minimum atomic E-state index is -0.282. The van der Waals surface area contributed by atoms with Gasteiger partial charge in [0.1, 0.15) is 5.75 Å². The summed E-state index contributed by atoms with van der Waals surface area (Å²) in [6.07, 6.45) is 2.71. The van der Waals surface area contributed by atoms with Crippen LogP contribution in [-0.4, -0.2) is 22.0 Å². The first-order valence-electron chi connectivity index (χ1n) is 4.05. The highest BCUT2D eigenvalue weighted by Crippen LogP contribution is 2.13. The highest BCUT2D eigenvalue weighted by molar-refractivity contribution is 5.96. The van der Waals surface area contributed by atoms with Crippen LogP contribution in [0, 0.1) is 0 Å². The molecule has 70 valence electrons. The van der Waals surface area contributed by atoms with Crippen molar-refractivity contribution in [3.8, 4) is 5.75 Å². The zero-order chi connectivity index (χ0) is 9.84. The van der Waals surface area contributed by atoms with Crippen LogP contribution in [0.4, 0.5) is 0 Å². The van der Waals surface area contributed by atoms with Crippen molar-refractivity contribution in [2.24, 2.45) is 0 Å². The van der Waals surface area contributed by atoms with Gasteiger partial charge in [0, 0.05) is 12.2 Å². The van der Waals surface area contributed by atoms with Gasteiger partial charge in [-0.2, -0.15) is 0 Å². The van der Waals surface area contributed by atoms with Crippen molar-refractivity contribution >= 4 is 5.91 Å². The second kappa shape index (κ2) is 3.89. The van der Waals surface area contributed by atoms with Crippen LogP contribution in [0.2, 0.25) is 0 Å². The van der Waals surface area contributed by atoms with Crippen molar-refractivity contribution in [2.45, 2.75) is 19.9 Å². The van der Waals surface area contributed by atoms with Gasteiger partial charge >= 0.3 is 0 Å². The van der Waals surface area contributed by atoms with Gasteiger partial charge in [0.25, 0.3) is 5.91 Å². The van der Waals surface area contributed by atoms with Crippen molar-refractivity contribution in [1.29, 1.82) is 0 Å². The molecule has 1 aromatic heterocycles. The molecule has 0 atom stereocenters. The van der Waals surface area contributed by atoms with Crippen LogP contribution >= 0.6 is 0 Å². The Kier molecular flexibility index (Phi) is 2.84. The standard InChI is InChI=1S/C9H12N2O2/c1-6(2)11-9(13)7-3-4-10-5-8(7)12/h3-6,12H,1-2H3,(H,11,13). The molecule has 0 unspecified atom stereocenters. The first-order valence-corrected chi connectivity index (χ1v) is 4.05. The fourth-order valence-electron chi connectivity index (χ4n) is 0.918. The molecule has 1 aromatic rings. The molecule has 4 nitrogen and oxygen atoms in total. The van der Waals surface area contributed by atoms with Gasteiger partial charge in [-0.1, -0.05) is 0 Å². The van der Waals surface area contributed by atoms with Crippen LogP contribution in [0.5, 0.6) is 5.75 Å². The molecule has 0 aliphatic carbocycles. The Labute approximate surface area is 76.6 Å². The Morgan fingerprint density at radius 1 is 1.62 bits per heavy atom. The number of carbonyl (C=O) groups excluding carboxylic acids is 1. The summed E-state index contributed by atoms with van der Waals surface area (Å²) in [7, 11) is 0. The highest BCUT2D eigenvalue weighted by Gasteiger charge is 2.10. The molecular formula is C9H12N2O2. The first kappa shape index (κ1) is 9.51. The van der Waals surface area contributed by atoms with Crippen LogP contribution in [0.25, 0.3) is 0 Å². The van der Waals surface area contributed by atoms with E-state index < -0.39 is 0 Å². The molecule has 0 saturated carbocycles. The van der Waals surface area contributed by atoms with Crippen LogP contribution in [0.15, 0.2) is 18.5 Å². The summed E-state index contributed by atoms with van der Waals surface area (Å²) < 4.78 is 0. The number of pyridine rings is 1. The lowest BCUT2D eigenvalue weighted by atomic mass is 10.2. The zero-order valence-corrected chi connectivity index (χ0v) is 7.61. The lowest BCUT2D eigenvalue weighted by Crippen LogP contribution is -2.30. The second-order valence-electron chi connectivity index (χ2n) is 3.02. The zero-order valence-electron chi connectivity index (χ0n) is 7.61. The molecule has 0 fully saturated rings. The monoisotopic (exact) mass is 180 g/mol. The third-order valence-electron chi connectivity index (χ3n) is 1.46. The van der Waals surface area contributed by atoms with E-state index in [2.05, 4.69) is 10.3 Å². The molecule has 0 aliphatic rings. The predicted molar refractivity (Wildman–Crippen MR) is 48.5 cm³/mol. The van der Waals surface area contributed by atoms with E-state index in [1.165, 1.54) is 18.5 Å². The van der Waals surface area contributed by atoms with Crippen LogP contribution < -0.4 is 5.32 Å². The maximum Gasteiger partial charge on any atom is 0.255 e. The lowest BCUT2D eigenvalue weighted by Gasteiger charge is -2.08. The van der Waals surface area contributed by atoms with Gasteiger partial charge in [0.2, 0.25) is 0 Å². The molecule has 1 rings (SSSR count). The number of nitrogens with one attached hydrogen (secondary N) is 1. The van der Waals surface area contributed by atoms with Crippen molar-refractivity contribution in [2.75, 3.05) is 0 Å². The van der Waals surface area contributed by atoms with Crippen LogP contribution in [0.1, 0.15) is 24.2 Å². The summed E-state index contributed by atoms with van der Waals surface area (Å²) in [5, 5.41) is 11.9. The average Bonchev–Trinajstić information content (AvgIpc) is 2.03. The van der Waals surface area contributed by atoms with Gasteiger partial charge in [0.15, 0.2) is 0 Å². The number of carbonyl (C=O) groups is 1. The number of rotatable bonds is 2. The molecule has 13 heavy (non-hydrogen) atoms. The van der Waals surface area contributed by atoms with Gasteiger partial charge in [0.05, 0.1) is 11.8 Å². The van der Waals surface area contributed by atoms with Crippen molar-refractivity contribution in [3.05, 3.63) is 24.0 Å². The topological polar surface area (TPSA) is 62.2 Å². The summed E-state index contributed by atoms with van der Waals surface area (Å²) in [4.78, 5) is 15.1. The minimum absolute atomic E-state index is 0.0556. The van der Waals surface area contributed by atoms with Crippen LogP contribution in [-0.2, 0) is 0 Å². The molecule has 4 heteroatoms. The van der Waals surface area contributed by atoms with Gasteiger partial charge < -0.3 is 10.4 Å². The summed E-state index contributed by atoms with van der Waals surface area (Å²) in [6, 6.07) is 1.53. The van der Waals surface area contributed by atoms with E-state index >= 15 is 0 Å². The smallest absolute Gasteiger partial charge is 0.255 e. The van der Waals surface area contributed by atoms with E-state index in [4.69, 9.17) is 0 Å². The number of hydrogen-bond donors (Lipinski definition) is 2. The van der Waals surface area contributed by atoms with Crippen molar-refractivity contribution in [3.63, 3.8) is 0 Å². The number of amides is 1. The summed E-state index contributed by atoms with van der Waals surface area (Å²) in [5.41, 5.74) is 0.253. The van der Waals surface area contributed by atoms with E-state index in [1.807, 2.05) is 13.8 Å². The molecular weight excluding hydrogens is 168 g/mol. The van der Waals surface area contributed by atoms with Gasteiger partial charge in [-0.25, -0.2) is 0 Å². The van der Waals surface area contributed by atoms with Gasteiger partial charge in [-0.15, -0.1) is 0 Å². The molecule has 2 N–H and O–H groups in total. The second-order valence-corrected chi connectivity index (χ2v) is 3.02. The third-order valence-corrected chi connectivity index (χ3v) is 1.46. The molecule has 1 heterocycles. The molecule has 0 saturated heterocycles. The van der Waals surface area contributed by atoms with E-state index in [0.717, 1.165) is 0 Å². The third kappa shape index (κ3) is 2.43. The Morgan fingerprint density at radius 3 is 2.85 bits per heavy atom. The molecule has 0 aliphatic heterocycles. The number of aromatic hydroxyl groups is 1. The number of hydrogen-bond acceptors (Lipinski definition) is 3. The molecule has 0 aromatic carbocycles. The number of nitrogens with zero attached hydrogens (tertiary/aromatic N) is 1. The maximum absolute atomic E-state index is 11.4. The Balaban J connectivity index is 2.83. The summed E-state index contributed by atoms with van der Waals surface area (Å²) >= 11 is 0. The largest absolute Gasteiger partial charge is 0.505 e. The normalized spacial score (nSPS) is 10.1. The Hall–Kier alpha value is -1.58. The SMILES string of the molecule is CC(C)NC(=O)c1ccncc1O. The predicted octanol–water partition coefficient (Wildman–Crippen LogP) is 0.925. The quantitative estimate of drug-likeness (QED) is 0.711. The summed E-state index contributed by atoms with van der Waals surface area (Å²) in [6.45, 7) is 3.71. The summed E-state index contributed by atoms with van der Waals surface area (Å²) in [5.74, 6) is -0.379. The van der Waals surface area contributed by atoms with Crippen molar-refractivity contribution in [1.82, 2.24) is 10.3 Å². The minimum Gasteiger partial charge on any atom is -0.505 e. The van der Waals surface area contributed by atoms with E-state index in [-0.39, 0.29) is 23.3 Å². The maximum atomic E-state index is 11.4. The highest BCUT2D eigenvalue weighted by atomic mass is 16.3. The van der Waals surface area contributed by atoms with E-state index in [9.17, 15) is 9.90 Å². The lowest BCUT2D eigenvalue weighted by molar-refractivity contribution is 0.0940.